The first-order chi connectivity index (χ1) is 15.5. The van der Waals surface area contributed by atoms with E-state index < -0.39 is 10.0 Å². The third-order valence-electron chi connectivity index (χ3n) is 7.58. The van der Waals surface area contributed by atoms with Gasteiger partial charge in [-0.3, -0.25) is 0 Å². The normalized spacial score (nSPS) is 28.6. The zero-order valence-corrected chi connectivity index (χ0v) is 20.2. The second-order valence-electron chi connectivity index (χ2n) is 9.62. The number of fused-ring (bicyclic) bond motifs is 2. The van der Waals surface area contributed by atoms with Crippen LogP contribution in [0.15, 0.2) is 23.1 Å². The lowest BCUT2D eigenvalue weighted by Gasteiger charge is -2.32. The van der Waals surface area contributed by atoms with Gasteiger partial charge in [0.15, 0.2) is 5.11 Å². The second-order valence-corrected chi connectivity index (χ2v) is 12.0. The van der Waals surface area contributed by atoms with Crippen LogP contribution in [-0.2, 0) is 14.8 Å². The summed E-state index contributed by atoms with van der Waals surface area (Å²) in [5.74, 6) is 1.56. The number of benzene rings is 1. The Bertz CT molecular complexity index is 943. The highest BCUT2D eigenvalue weighted by Crippen LogP contribution is 2.44. The molecule has 4 aliphatic rings. The summed E-state index contributed by atoms with van der Waals surface area (Å²) in [6, 6.07) is 5.89. The number of nitrogens with one attached hydrogen (secondary N) is 2. The summed E-state index contributed by atoms with van der Waals surface area (Å²) in [5, 5.41) is 7.52. The van der Waals surface area contributed by atoms with Gasteiger partial charge in [-0.05, 0) is 80.8 Å². The molecule has 2 aliphatic heterocycles. The molecule has 1 aromatic rings. The van der Waals surface area contributed by atoms with E-state index in [4.69, 9.17) is 17.0 Å². The van der Waals surface area contributed by atoms with Crippen molar-refractivity contribution in [1.82, 2.24) is 9.62 Å². The lowest BCUT2D eigenvalue weighted by molar-refractivity contribution is 0.0730. The van der Waals surface area contributed by atoms with Gasteiger partial charge in [0, 0.05) is 32.2 Å². The molecule has 4 fully saturated rings. The van der Waals surface area contributed by atoms with Crippen molar-refractivity contribution < 1.29 is 13.2 Å². The fourth-order valence-corrected chi connectivity index (χ4v) is 7.57. The molecule has 7 nitrogen and oxygen atoms in total. The van der Waals surface area contributed by atoms with Crippen LogP contribution in [0.5, 0.6) is 0 Å². The molecule has 2 N–H and O–H groups in total. The quantitative estimate of drug-likeness (QED) is 0.630. The van der Waals surface area contributed by atoms with E-state index in [1.54, 1.807) is 12.1 Å². The summed E-state index contributed by atoms with van der Waals surface area (Å²) in [6.45, 7) is 3.63. The molecule has 2 heterocycles. The van der Waals surface area contributed by atoms with Crippen LogP contribution in [-0.4, -0.2) is 63.3 Å². The van der Waals surface area contributed by atoms with Crippen LogP contribution in [0.2, 0.25) is 0 Å². The fourth-order valence-electron chi connectivity index (χ4n) is 5.87. The summed E-state index contributed by atoms with van der Waals surface area (Å²) in [5.41, 5.74) is 1.81. The zero-order valence-electron chi connectivity index (χ0n) is 18.6. The Kier molecular flexibility index (Phi) is 6.60. The monoisotopic (exact) mass is 478 g/mol. The minimum absolute atomic E-state index is 0.311. The molecule has 5 rings (SSSR count). The molecule has 2 saturated heterocycles. The number of morpholine rings is 1. The first kappa shape index (κ1) is 22.4. The molecule has 32 heavy (non-hydrogen) atoms. The number of nitrogens with zero attached hydrogens (tertiary/aromatic N) is 2. The van der Waals surface area contributed by atoms with Gasteiger partial charge in [0.25, 0.3) is 0 Å². The lowest BCUT2D eigenvalue weighted by Crippen LogP contribution is -2.41. The van der Waals surface area contributed by atoms with E-state index >= 15 is 0 Å². The number of sulfonamides is 1. The van der Waals surface area contributed by atoms with Crippen molar-refractivity contribution >= 4 is 38.7 Å². The number of hydrogen-bond donors (Lipinski definition) is 2. The van der Waals surface area contributed by atoms with Gasteiger partial charge < -0.3 is 20.3 Å². The summed E-state index contributed by atoms with van der Waals surface area (Å²) < 4.78 is 33.4. The Morgan fingerprint density at radius 3 is 2.50 bits per heavy atom. The largest absolute Gasteiger partial charge is 0.379 e. The first-order valence-electron chi connectivity index (χ1n) is 12.0. The Hall–Kier alpha value is -1.42. The van der Waals surface area contributed by atoms with Crippen LogP contribution in [0.3, 0.4) is 0 Å². The van der Waals surface area contributed by atoms with E-state index in [9.17, 15) is 8.42 Å². The minimum Gasteiger partial charge on any atom is -0.379 e. The number of anilines is 2. The van der Waals surface area contributed by atoms with Gasteiger partial charge in [0.1, 0.15) is 0 Å². The highest BCUT2D eigenvalue weighted by molar-refractivity contribution is 7.89. The highest BCUT2D eigenvalue weighted by atomic mass is 32.2. The van der Waals surface area contributed by atoms with Crippen molar-refractivity contribution in [3.8, 4) is 0 Å². The molecule has 176 valence electrons. The van der Waals surface area contributed by atoms with E-state index in [2.05, 4.69) is 15.5 Å². The maximum atomic E-state index is 13.3. The van der Waals surface area contributed by atoms with Crippen molar-refractivity contribution in [2.24, 2.45) is 11.8 Å². The van der Waals surface area contributed by atoms with Crippen LogP contribution in [0.1, 0.15) is 44.9 Å². The lowest BCUT2D eigenvalue weighted by atomic mass is 9.95. The van der Waals surface area contributed by atoms with Crippen molar-refractivity contribution in [3.05, 3.63) is 18.2 Å². The number of piperidine rings is 1. The average Bonchev–Trinajstić information content (AvgIpc) is 3.43. The summed E-state index contributed by atoms with van der Waals surface area (Å²) in [7, 11) is -3.57. The predicted octanol–water partition coefficient (Wildman–Crippen LogP) is 3.17. The van der Waals surface area contributed by atoms with Crippen molar-refractivity contribution in [2.75, 3.05) is 49.6 Å². The number of thiocarbonyl (C=S) groups is 1. The van der Waals surface area contributed by atoms with Gasteiger partial charge >= 0.3 is 0 Å². The number of hydrogen-bond acceptors (Lipinski definition) is 5. The Labute approximate surface area is 196 Å². The molecule has 0 spiro atoms. The average molecular weight is 479 g/mol. The highest BCUT2D eigenvalue weighted by Gasteiger charge is 2.39. The van der Waals surface area contributed by atoms with Crippen molar-refractivity contribution in [2.45, 2.75) is 55.9 Å². The first-order valence-corrected chi connectivity index (χ1v) is 13.9. The van der Waals surface area contributed by atoms with Gasteiger partial charge in [-0.1, -0.05) is 6.42 Å². The number of rotatable bonds is 5. The minimum atomic E-state index is -3.57. The summed E-state index contributed by atoms with van der Waals surface area (Å²) in [4.78, 5) is 2.65. The van der Waals surface area contributed by atoms with Crippen LogP contribution in [0, 0.1) is 11.8 Å². The smallest absolute Gasteiger partial charge is 0.243 e. The van der Waals surface area contributed by atoms with Gasteiger partial charge in [0.2, 0.25) is 10.0 Å². The molecule has 9 heteroatoms. The van der Waals surface area contributed by atoms with Crippen LogP contribution < -0.4 is 15.5 Å². The molecule has 3 unspecified atom stereocenters. The third kappa shape index (κ3) is 4.62. The Balaban J connectivity index is 1.38. The molecular formula is C23H34N4O3S2. The topological polar surface area (TPSA) is 73.9 Å². The Morgan fingerprint density at radius 1 is 1.03 bits per heavy atom. The third-order valence-corrected chi connectivity index (χ3v) is 9.69. The summed E-state index contributed by atoms with van der Waals surface area (Å²) in [6.07, 6.45) is 8.69. The van der Waals surface area contributed by atoms with Crippen molar-refractivity contribution in [1.29, 1.82) is 0 Å². The second kappa shape index (κ2) is 9.44. The molecule has 0 radical (unpaired) electrons. The van der Waals surface area contributed by atoms with E-state index in [1.807, 2.05) is 6.07 Å². The molecule has 3 atom stereocenters. The molecule has 2 saturated carbocycles. The van der Waals surface area contributed by atoms with Crippen LogP contribution in [0.25, 0.3) is 0 Å². The maximum Gasteiger partial charge on any atom is 0.243 e. The number of ether oxygens (including phenoxy) is 1. The fraction of sp³-hybridized carbons (Fsp3) is 0.696. The van der Waals surface area contributed by atoms with Gasteiger partial charge in [0.05, 0.1) is 29.5 Å². The molecule has 2 aliphatic carbocycles. The maximum absolute atomic E-state index is 13.3. The van der Waals surface area contributed by atoms with Gasteiger partial charge in [-0.15, -0.1) is 0 Å². The van der Waals surface area contributed by atoms with E-state index in [0.29, 0.717) is 48.3 Å². The SMILES string of the molecule is O=S(=O)(c1ccc(N2CCCCC2)c(NC(=S)NC2CC3CCC2C3)c1)N1CCOCC1. The van der Waals surface area contributed by atoms with E-state index in [-0.39, 0.29) is 0 Å². The standard InChI is InChI=1S/C23H34N4O3S2/c28-32(29,27-10-12-30-13-11-27)19-6-7-22(26-8-2-1-3-9-26)21(16-19)25-23(31)24-20-15-17-4-5-18(20)14-17/h6-7,16-18,20H,1-5,8-15H2,(H2,24,25,31). The van der Waals surface area contributed by atoms with Crippen LogP contribution in [0.4, 0.5) is 11.4 Å². The van der Waals surface area contributed by atoms with Gasteiger partial charge in [-0.25, -0.2) is 8.42 Å². The molecule has 1 aromatic carbocycles. The zero-order chi connectivity index (χ0) is 22.1. The molecule has 0 aromatic heterocycles. The van der Waals surface area contributed by atoms with E-state index in [0.717, 1.165) is 43.2 Å². The van der Waals surface area contributed by atoms with Crippen molar-refractivity contribution in [3.63, 3.8) is 0 Å². The predicted molar refractivity (Wildman–Crippen MR) is 131 cm³/mol. The molecule has 2 bridgehead atoms. The van der Waals surface area contributed by atoms with Gasteiger partial charge in [-0.2, -0.15) is 4.31 Å². The molecule has 0 amide bonds. The van der Waals surface area contributed by atoms with E-state index in [1.165, 1.54) is 36.4 Å². The Morgan fingerprint density at radius 2 is 1.81 bits per heavy atom. The van der Waals surface area contributed by atoms with Crippen LogP contribution >= 0.6 is 12.2 Å². The summed E-state index contributed by atoms with van der Waals surface area (Å²) >= 11 is 5.69. The molecular weight excluding hydrogens is 444 g/mol.